The van der Waals surface area contributed by atoms with E-state index in [2.05, 4.69) is 30.5 Å². The van der Waals surface area contributed by atoms with Crippen molar-refractivity contribution in [2.24, 2.45) is 0 Å². The number of amides is 2. The Morgan fingerprint density at radius 3 is 2.79 bits per heavy atom. The van der Waals surface area contributed by atoms with E-state index in [1.165, 1.54) is 4.88 Å². The molecule has 19 heavy (non-hydrogen) atoms. The summed E-state index contributed by atoms with van der Waals surface area (Å²) in [6.45, 7) is 7.24. The summed E-state index contributed by atoms with van der Waals surface area (Å²) in [6, 6.07) is 3.93. The Balaban J connectivity index is 2.26. The highest BCUT2D eigenvalue weighted by Crippen LogP contribution is 2.26. The number of hydrogen-bond acceptors (Lipinski definition) is 3. The van der Waals surface area contributed by atoms with Crippen molar-refractivity contribution < 1.29 is 9.90 Å². The van der Waals surface area contributed by atoms with Gasteiger partial charge in [0.15, 0.2) is 0 Å². The fraction of sp³-hybridized carbons (Fsp3) is 0.643. The molecule has 1 heterocycles. The molecular weight excluding hydrogens is 260 g/mol. The second-order valence-corrected chi connectivity index (χ2v) is 6.27. The number of aliphatic hydroxyl groups excluding tert-OH is 1. The number of thiophene rings is 1. The first-order valence-corrected chi connectivity index (χ1v) is 7.57. The largest absolute Gasteiger partial charge is 0.393 e. The predicted octanol–water partition coefficient (Wildman–Crippen LogP) is 2.49. The van der Waals surface area contributed by atoms with Crippen LogP contribution in [0, 0.1) is 0 Å². The zero-order valence-corrected chi connectivity index (χ0v) is 12.7. The minimum absolute atomic E-state index is 0.0611. The van der Waals surface area contributed by atoms with E-state index in [-0.39, 0.29) is 17.6 Å². The third-order valence-electron chi connectivity index (χ3n) is 3.11. The van der Waals surface area contributed by atoms with Crippen LogP contribution in [0.2, 0.25) is 0 Å². The van der Waals surface area contributed by atoms with Crippen LogP contribution in [0.15, 0.2) is 17.5 Å². The monoisotopic (exact) mass is 284 g/mol. The highest BCUT2D eigenvalue weighted by Gasteiger charge is 2.22. The van der Waals surface area contributed by atoms with Gasteiger partial charge in [0.05, 0.1) is 6.10 Å². The Morgan fingerprint density at radius 2 is 2.21 bits per heavy atom. The minimum atomic E-state index is -0.331. The minimum Gasteiger partial charge on any atom is -0.393 e. The molecule has 0 aromatic carbocycles. The maximum absolute atomic E-state index is 11.6. The summed E-state index contributed by atoms with van der Waals surface area (Å²) in [7, 11) is 0. The van der Waals surface area contributed by atoms with Crippen molar-refractivity contribution in [3.05, 3.63) is 22.4 Å². The molecule has 0 bridgehead atoms. The summed E-state index contributed by atoms with van der Waals surface area (Å²) in [4.78, 5) is 12.9. The van der Waals surface area contributed by atoms with Gasteiger partial charge in [0.1, 0.15) is 0 Å². The molecular formula is C14H24N2O2S. The Morgan fingerprint density at radius 1 is 1.47 bits per heavy atom. The molecule has 2 amide bonds. The molecule has 5 heteroatoms. The normalized spacial score (nSPS) is 13.1. The second-order valence-electron chi connectivity index (χ2n) is 5.32. The van der Waals surface area contributed by atoms with Crippen LogP contribution in [0.1, 0.15) is 38.5 Å². The van der Waals surface area contributed by atoms with Crippen molar-refractivity contribution in [2.45, 2.75) is 45.1 Å². The molecule has 108 valence electrons. The third-order valence-corrected chi connectivity index (χ3v) is 4.35. The Bertz CT molecular complexity index is 377. The summed E-state index contributed by atoms with van der Waals surface area (Å²) in [5.74, 6) is 0. The van der Waals surface area contributed by atoms with Gasteiger partial charge >= 0.3 is 6.03 Å². The van der Waals surface area contributed by atoms with Gasteiger partial charge in [-0.05, 0) is 24.3 Å². The highest BCUT2D eigenvalue weighted by atomic mass is 32.1. The van der Waals surface area contributed by atoms with Gasteiger partial charge in [0.2, 0.25) is 0 Å². The molecule has 0 saturated carbocycles. The molecule has 1 rings (SSSR count). The zero-order chi connectivity index (χ0) is 14.3. The van der Waals surface area contributed by atoms with Crippen LogP contribution >= 0.6 is 11.3 Å². The lowest BCUT2D eigenvalue weighted by atomic mass is 9.91. The summed E-state index contributed by atoms with van der Waals surface area (Å²) in [5, 5.41) is 17.1. The second kappa shape index (κ2) is 7.50. The van der Waals surface area contributed by atoms with Gasteiger partial charge in [-0.1, -0.05) is 26.8 Å². The average Bonchev–Trinajstić information content (AvgIpc) is 2.91. The van der Waals surface area contributed by atoms with Crippen LogP contribution in [0.3, 0.4) is 0 Å². The SMILES string of the molecule is CCC(O)CCNC(=O)NCC(C)(C)c1cccs1. The summed E-state index contributed by atoms with van der Waals surface area (Å²) < 4.78 is 0. The van der Waals surface area contributed by atoms with Gasteiger partial charge in [-0.2, -0.15) is 0 Å². The fourth-order valence-corrected chi connectivity index (χ4v) is 2.52. The first kappa shape index (κ1) is 16.0. The molecule has 4 nitrogen and oxygen atoms in total. The molecule has 1 atom stereocenters. The maximum Gasteiger partial charge on any atom is 0.314 e. The van der Waals surface area contributed by atoms with Crippen molar-refractivity contribution in [1.82, 2.24) is 10.6 Å². The van der Waals surface area contributed by atoms with Crippen LogP contribution in [0.25, 0.3) is 0 Å². The quantitative estimate of drug-likeness (QED) is 0.720. The molecule has 0 spiro atoms. The van der Waals surface area contributed by atoms with E-state index < -0.39 is 0 Å². The van der Waals surface area contributed by atoms with Crippen LogP contribution in [0.5, 0.6) is 0 Å². The Hall–Kier alpha value is -1.07. The molecule has 0 fully saturated rings. The molecule has 0 aliphatic rings. The average molecular weight is 284 g/mol. The van der Waals surface area contributed by atoms with E-state index in [1.807, 2.05) is 18.4 Å². The van der Waals surface area contributed by atoms with Crippen LogP contribution in [0.4, 0.5) is 4.79 Å². The standard InChI is InChI=1S/C14H24N2O2S/c1-4-11(17)7-8-15-13(18)16-10-14(2,3)12-6-5-9-19-12/h5-6,9,11,17H,4,7-8,10H2,1-3H3,(H2,15,16,18). The molecule has 0 saturated heterocycles. The Labute approximate surface area is 119 Å². The number of nitrogens with one attached hydrogen (secondary N) is 2. The molecule has 1 aromatic rings. The van der Waals surface area contributed by atoms with E-state index in [0.717, 1.165) is 0 Å². The van der Waals surface area contributed by atoms with E-state index >= 15 is 0 Å². The predicted molar refractivity (Wildman–Crippen MR) is 79.7 cm³/mol. The van der Waals surface area contributed by atoms with E-state index in [4.69, 9.17) is 0 Å². The summed E-state index contributed by atoms with van der Waals surface area (Å²) in [5.41, 5.74) is -0.0611. The molecule has 0 radical (unpaired) electrons. The summed E-state index contributed by atoms with van der Waals surface area (Å²) >= 11 is 1.70. The van der Waals surface area contributed by atoms with Crippen LogP contribution < -0.4 is 10.6 Å². The van der Waals surface area contributed by atoms with Gasteiger partial charge in [0, 0.05) is 23.4 Å². The first-order chi connectivity index (χ1) is 8.95. The zero-order valence-electron chi connectivity index (χ0n) is 11.9. The van der Waals surface area contributed by atoms with Crippen molar-refractivity contribution >= 4 is 17.4 Å². The van der Waals surface area contributed by atoms with Gasteiger partial charge in [-0.15, -0.1) is 11.3 Å². The number of carbonyl (C=O) groups is 1. The van der Waals surface area contributed by atoms with E-state index in [1.54, 1.807) is 11.3 Å². The number of aliphatic hydroxyl groups is 1. The van der Waals surface area contributed by atoms with Gasteiger partial charge in [0.25, 0.3) is 0 Å². The lowest BCUT2D eigenvalue weighted by molar-refractivity contribution is 0.160. The van der Waals surface area contributed by atoms with Crippen molar-refractivity contribution in [2.75, 3.05) is 13.1 Å². The van der Waals surface area contributed by atoms with E-state index in [0.29, 0.717) is 25.9 Å². The molecule has 0 aliphatic heterocycles. The molecule has 3 N–H and O–H groups in total. The topological polar surface area (TPSA) is 61.4 Å². The van der Waals surface area contributed by atoms with E-state index in [9.17, 15) is 9.90 Å². The van der Waals surface area contributed by atoms with Crippen LogP contribution in [-0.2, 0) is 5.41 Å². The third kappa shape index (κ3) is 5.61. The highest BCUT2D eigenvalue weighted by molar-refractivity contribution is 7.10. The number of carbonyl (C=O) groups excluding carboxylic acids is 1. The number of rotatable bonds is 7. The smallest absolute Gasteiger partial charge is 0.314 e. The maximum atomic E-state index is 11.6. The fourth-order valence-electron chi connectivity index (χ4n) is 1.67. The number of hydrogen-bond donors (Lipinski definition) is 3. The van der Waals surface area contributed by atoms with Crippen molar-refractivity contribution in [1.29, 1.82) is 0 Å². The van der Waals surface area contributed by atoms with Crippen LogP contribution in [-0.4, -0.2) is 30.3 Å². The van der Waals surface area contributed by atoms with Gasteiger partial charge in [-0.3, -0.25) is 0 Å². The van der Waals surface area contributed by atoms with Gasteiger partial charge in [-0.25, -0.2) is 4.79 Å². The lowest BCUT2D eigenvalue weighted by Crippen LogP contribution is -2.42. The Kier molecular flexibility index (Phi) is 6.31. The first-order valence-electron chi connectivity index (χ1n) is 6.69. The molecule has 1 aromatic heterocycles. The van der Waals surface area contributed by atoms with Crippen molar-refractivity contribution in [3.8, 4) is 0 Å². The number of urea groups is 1. The molecule has 0 aliphatic carbocycles. The molecule has 1 unspecified atom stereocenters. The lowest BCUT2D eigenvalue weighted by Gasteiger charge is -2.23. The summed E-state index contributed by atoms with van der Waals surface area (Å²) in [6.07, 6.45) is 0.982. The van der Waals surface area contributed by atoms with Crippen molar-refractivity contribution in [3.63, 3.8) is 0 Å². The van der Waals surface area contributed by atoms with Gasteiger partial charge < -0.3 is 15.7 Å².